The number of ether oxygens (including phenoxy) is 3. The second kappa shape index (κ2) is 9.55. The Labute approximate surface area is 209 Å². The summed E-state index contributed by atoms with van der Waals surface area (Å²) in [5.41, 5.74) is 7.44. The minimum atomic E-state index is -0.569. The summed E-state index contributed by atoms with van der Waals surface area (Å²) < 4.78 is 18.1. The molecule has 1 aromatic carbocycles. The van der Waals surface area contributed by atoms with E-state index in [1.54, 1.807) is 37.3 Å². The molecule has 1 atom stereocenters. The van der Waals surface area contributed by atoms with Gasteiger partial charge in [0.2, 0.25) is 0 Å². The first-order chi connectivity index (χ1) is 16.6. The zero-order valence-corrected chi connectivity index (χ0v) is 21.1. The van der Waals surface area contributed by atoms with E-state index in [4.69, 9.17) is 31.5 Å². The quantitative estimate of drug-likeness (QED) is 0.539. The van der Waals surface area contributed by atoms with Crippen molar-refractivity contribution >= 4 is 34.5 Å². The van der Waals surface area contributed by atoms with Crippen LogP contribution in [0.4, 0.5) is 10.6 Å². The molecule has 0 spiro atoms. The standard InChI is InChI=1S/C25H28ClN5O4/c1-25(2,3)35-24(32)30-9-8-16(13-30)31-21(26)19(20-22(27)28-14-29-23(20)31)7-6-15-10-17(33-4)12-18(11-15)34-5/h10-12,14,16H,8-9,13H2,1-5H3,(H2,27,28,29)/t16-/m0/s1. The number of carbonyl (C=O) groups is 1. The van der Waals surface area contributed by atoms with E-state index in [9.17, 15) is 4.79 Å². The lowest BCUT2D eigenvalue weighted by Crippen LogP contribution is -2.35. The number of fused-ring (bicyclic) bond motifs is 1. The number of methoxy groups -OCH3 is 2. The van der Waals surface area contributed by atoms with E-state index in [1.807, 2.05) is 25.3 Å². The average Bonchev–Trinajstić information content (AvgIpc) is 3.39. The topological polar surface area (TPSA) is 105 Å². The van der Waals surface area contributed by atoms with Crippen molar-refractivity contribution in [1.82, 2.24) is 19.4 Å². The van der Waals surface area contributed by atoms with Crippen LogP contribution in [0, 0.1) is 11.8 Å². The maximum atomic E-state index is 12.6. The molecule has 1 saturated heterocycles. The highest BCUT2D eigenvalue weighted by Crippen LogP contribution is 2.37. The maximum absolute atomic E-state index is 12.6. The molecule has 1 amide bonds. The Kier molecular flexibility index (Phi) is 6.68. The molecular formula is C25H28ClN5O4. The number of hydrogen-bond acceptors (Lipinski definition) is 7. The highest BCUT2D eigenvalue weighted by Gasteiger charge is 2.33. The van der Waals surface area contributed by atoms with Gasteiger partial charge in [-0.05, 0) is 39.3 Å². The number of hydrogen-bond donors (Lipinski definition) is 1. The fraction of sp³-hybridized carbons (Fsp3) is 0.400. The minimum Gasteiger partial charge on any atom is -0.497 e. The number of aromatic nitrogens is 3. The zero-order chi connectivity index (χ0) is 25.3. The SMILES string of the molecule is COc1cc(C#Cc2c(Cl)n([C@H]3CCN(C(=O)OC(C)(C)C)C3)c3ncnc(N)c23)cc(OC)c1. The van der Waals surface area contributed by atoms with Crippen molar-refractivity contribution in [1.29, 1.82) is 0 Å². The van der Waals surface area contributed by atoms with Crippen LogP contribution in [0.25, 0.3) is 11.0 Å². The number of amides is 1. The van der Waals surface area contributed by atoms with E-state index in [-0.39, 0.29) is 18.0 Å². The first-order valence-electron chi connectivity index (χ1n) is 11.1. The summed E-state index contributed by atoms with van der Waals surface area (Å²) in [5, 5.41) is 0.973. The molecule has 0 saturated carbocycles. The molecule has 0 bridgehead atoms. The molecule has 1 fully saturated rings. The van der Waals surface area contributed by atoms with Gasteiger partial charge in [0.25, 0.3) is 0 Å². The molecule has 10 heteroatoms. The molecular weight excluding hydrogens is 470 g/mol. The smallest absolute Gasteiger partial charge is 0.410 e. The van der Waals surface area contributed by atoms with Crippen LogP contribution in [0.1, 0.15) is 44.4 Å². The molecule has 1 aliphatic rings. The van der Waals surface area contributed by atoms with E-state index < -0.39 is 5.60 Å². The fourth-order valence-corrected chi connectivity index (χ4v) is 4.39. The maximum Gasteiger partial charge on any atom is 0.410 e. The van der Waals surface area contributed by atoms with Gasteiger partial charge in [-0.15, -0.1) is 0 Å². The summed E-state index contributed by atoms with van der Waals surface area (Å²) in [6.07, 6.45) is 1.73. The summed E-state index contributed by atoms with van der Waals surface area (Å²) in [6, 6.07) is 5.27. The number of likely N-dealkylation sites (tertiary alicyclic amines) is 1. The summed E-state index contributed by atoms with van der Waals surface area (Å²) in [6.45, 7) is 6.51. The molecule has 35 heavy (non-hydrogen) atoms. The molecule has 0 unspecified atom stereocenters. The Morgan fingerprint density at radius 3 is 2.46 bits per heavy atom. The number of benzene rings is 1. The first kappa shape index (κ1) is 24.5. The van der Waals surface area contributed by atoms with Gasteiger partial charge < -0.3 is 29.4 Å². The second-order valence-corrected chi connectivity index (χ2v) is 9.57. The van der Waals surface area contributed by atoms with Gasteiger partial charge in [-0.1, -0.05) is 23.4 Å². The van der Waals surface area contributed by atoms with Gasteiger partial charge in [0.05, 0.1) is 31.2 Å². The molecule has 4 rings (SSSR count). The summed E-state index contributed by atoms with van der Waals surface area (Å²) in [4.78, 5) is 22.9. The predicted octanol–water partition coefficient (Wildman–Crippen LogP) is 4.27. The van der Waals surface area contributed by atoms with Crippen LogP contribution >= 0.6 is 11.6 Å². The summed E-state index contributed by atoms with van der Waals surface area (Å²) >= 11 is 6.87. The first-order valence-corrected chi connectivity index (χ1v) is 11.5. The molecule has 0 radical (unpaired) electrons. The van der Waals surface area contributed by atoms with Gasteiger partial charge in [-0.2, -0.15) is 0 Å². The van der Waals surface area contributed by atoms with Crippen LogP contribution in [-0.4, -0.2) is 58.4 Å². The molecule has 0 aliphatic carbocycles. The van der Waals surface area contributed by atoms with Crippen LogP contribution in [0.3, 0.4) is 0 Å². The van der Waals surface area contributed by atoms with Gasteiger partial charge >= 0.3 is 6.09 Å². The number of nitrogens with two attached hydrogens (primary N) is 1. The van der Waals surface area contributed by atoms with Gasteiger partial charge in [0.15, 0.2) is 0 Å². The zero-order valence-electron chi connectivity index (χ0n) is 20.4. The Morgan fingerprint density at radius 2 is 1.83 bits per heavy atom. The second-order valence-electron chi connectivity index (χ2n) is 9.21. The molecule has 1 aliphatic heterocycles. The summed E-state index contributed by atoms with van der Waals surface area (Å²) in [5.74, 6) is 7.80. The van der Waals surface area contributed by atoms with E-state index in [0.717, 1.165) is 0 Å². The third-order valence-corrected chi connectivity index (χ3v) is 5.99. The number of nitrogens with zero attached hydrogens (tertiary/aromatic N) is 4. The molecule has 2 aromatic heterocycles. The molecule has 184 valence electrons. The van der Waals surface area contributed by atoms with Crippen molar-refractivity contribution in [3.05, 3.63) is 40.8 Å². The molecule has 2 N–H and O–H groups in total. The van der Waals surface area contributed by atoms with Gasteiger partial charge in [-0.3, -0.25) is 0 Å². The van der Waals surface area contributed by atoms with Gasteiger partial charge in [0, 0.05) is 24.7 Å². The van der Waals surface area contributed by atoms with Crippen molar-refractivity contribution in [2.75, 3.05) is 33.0 Å². The molecule has 3 aromatic rings. The number of rotatable bonds is 3. The van der Waals surface area contributed by atoms with Crippen molar-refractivity contribution in [3.63, 3.8) is 0 Å². The number of halogens is 1. The van der Waals surface area contributed by atoms with Crippen molar-refractivity contribution in [3.8, 4) is 23.3 Å². The number of nitrogen functional groups attached to an aromatic ring is 1. The number of carbonyl (C=O) groups excluding carboxylic acids is 1. The van der Waals surface area contributed by atoms with Crippen LogP contribution in [0.5, 0.6) is 11.5 Å². The molecule has 9 nitrogen and oxygen atoms in total. The van der Waals surface area contributed by atoms with Crippen LogP contribution < -0.4 is 15.2 Å². The Balaban J connectivity index is 1.73. The largest absolute Gasteiger partial charge is 0.497 e. The van der Waals surface area contributed by atoms with E-state index in [1.165, 1.54) is 6.33 Å². The highest BCUT2D eigenvalue weighted by atomic mass is 35.5. The van der Waals surface area contributed by atoms with E-state index in [2.05, 4.69) is 21.8 Å². The third-order valence-electron chi connectivity index (χ3n) is 5.62. The van der Waals surface area contributed by atoms with Gasteiger partial charge in [0.1, 0.15) is 40.0 Å². The average molecular weight is 498 g/mol. The Bertz CT molecular complexity index is 1310. The van der Waals surface area contributed by atoms with E-state index in [0.29, 0.717) is 58.3 Å². The summed E-state index contributed by atoms with van der Waals surface area (Å²) in [7, 11) is 3.16. The van der Waals surface area contributed by atoms with Crippen LogP contribution in [0.2, 0.25) is 5.15 Å². The van der Waals surface area contributed by atoms with Crippen molar-refractivity contribution < 1.29 is 19.0 Å². The van der Waals surface area contributed by atoms with Crippen LogP contribution in [0.15, 0.2) is 24.5 Å². The number of anilines is 1. The van der Waals surface area contributed by atoms with Crippen molar-refractivity contribution in [2.45, 2.75) is 38.8 Å². The predicted molar refractivity (Wildman–Crippen MR) is 134 cm³/mol. The fourth-order valence-electron chi connectivity index (χ4n) is 4.03. The minimum absolute atomic E-state index is 0.112. The van der Waals surface area contributed by atoms with E-state index >= 15 is 0 Å². The normalized spacial score (nSPS) is 15.6. The lowest BCUT2D eigenvalue weighted by Gasteiger charge is -2.24. The Morgan fingerprint density at radius 1 is 1.14 bits per heavy atom. The lowest BCUT2D eigenvalue weighted by atomic mass is 10.1. The lowest BCUT2D eigenvalue weighted by molar-refractivity contribution is 0.0289. The van der Waals surface area contributed by atoms with Gasteiger partial charge in [-0.25, -0.2) is 14.8 Å². The third kappa shape index (κ3) is 5.08. The van der Waals surface area contributed by atoms with Crippen LogP contribution in [-0.2, 0) is 4.74 Å². The molecule has 3 heterocycles. The Hall–Kier alpha value is -3.64. The monoisotopic (exact) mass is 497 g/mol. The van der Waals surface area contributed by atoms with Crippen molar-refractivity contribution in [2.24, 2.45) is 0 Å². The highest BCUT2D eigenvalue weighted by molar-refractivity contribution is 6.32.